The van der Waals surface area contributed by atoms with E-state index < -0.39 is 10.0 Å². The Kier molecular flexibility index (Phi) is 7.89. The first-order chi connectivity index (χ1) is 15.8. The molecule has 180 valence electrons. The van der Waals surface area contributed by atoms with Gasteiger partial charge in [-0.3, -0.25) is 9.97 Å². The average molecular weight is 492 g/mol. The van der Waals surface area contributed by atoms with Crippen molar-refractivity contribution in [2.75, 3.05) is 31.2 Å². The lowest BCUT2D eigenvalue weighted by Gasteiger charge is -2.30. The van der Waals surface area contributed by atoms with Gasteiger partial charge in [0.25, 0.3) is 0 Å². The molecule has 2 aromatic rings. The lowest BCUT2D eigenvalue weighted by Crippen LogP contribution is -2.39. The Morgan fingerprint density at radius 3 is 2.48 bits per heavy atom. The van der Waals surface area contributed by atoms with Crippen LogP contribution in [0.3, 0.4) is 0 Å². The number of sulfonamides is 1. The van der Waals surface area contributed by atoms with Gasteiger partial charge < -0.3 is 11.1 Å². The van der Waals surface area contributed by atoms with Crippen LogP contribution in [0.4, 0.5) is 5.69 Å². The second kappa shape index (κ2) is 10.7. The van der Waals surface area contributed by atoms with Crippen LogP contribution in [0.2, 0.25) is 5.02 Å². The van der Waals surface area contributed by atoms with Crippen LogP contribution < -0.4 is 11.1 Å². The number of aromatic nitrogens is 2. The largest absolute Gasteiger partial charge is 0.384 e. The van der Waals surface area contributed by atoms with Crippen molar-refractivity contribution in [1.82, 2.24) is 14.3 Å². The number of hydrogen-bond donors (Lipinski definition) is 2. The van der Waals surface area contributed by atoms with Crippen molar-refractivity contribution in [3.63, 3.8) is 0 Å². The minimum absolute atomic E-state index is 0.350. The van der Waals surface area contributed by atoms with Crippen molar-refractivity contribution in [1.29, 1.82) is 0 Å². The molecule has 0 spiro atoms. The van der Waals surface area contributed by atoms with E-state index in [4.69, 9.17) is 17.3 Å². The number of nitrogens with one attached hydrogen (secondary N) is 1. The number of halogens is 1. The Hall–Kier alpha value is -1.74. The molecule has 2 fully saturated rings. The standard InChI is InChI=1S/C24H34ClN5O2S/c1-33(31,32)30-8-6-18(7-9-30)13-28-22-11-19(14-27-15-22)23-12-21(29-16-24(23)25)10-17-2-4-20(26)5-3-17/h11-12,14-18,20,28H,2-10,13,26H2,1H3. The predicted molar refractivity (Wildman–Crippen MR) is 134 cm³/mol. The molecule has 0 radical (unpaired) electrons. The molecular weight excluding hydrogens is 458 g/mol. The van der Waals surface area contributed by atoms with Gasteiger partial charge in [-0.1, -0.05) is 11.6 Å². The van der Waals surface area contributed by atoms with Gasteiger partial charge >= 0.3 is 0 Å². The summed E-state index contributed by atoms with van der Waals surface area (Å²) in [7, 11) is -3.09. The van der Waals surface area contributed by atoms with Gasteiger partial charge in [-0.15, -0.1) is 0 Å². The maximum absolute atomic E-state index is 11.7. The van der Waals surface area contributed by atoms with Gasteiger partial charge in [0.15, 0.2) is 0 Å². The molecule has 2 aromatic heterocycles. The van der Waals surface area contributed by atoms with Gasteiger partial charge in [0.05, 0.1) is 17.0 Å². The highest BCUT2D eigenvalue weighted by Gasteiger charge is 2.25. The molecule has 1 saturated heterocycles. The third-order valence-corrected chi connectivity index (χ3v) is 8.59. The van der Waals surface area contributed by atoms with Crippen molar-refractivity contribution >= 4 is 27.3 Å². The van der Waals surface area contributed by atoms with E-state index in [-0.39, 0.29) is 0 Å². The van der Waals surface area contributed by atoms with Crippen LogP contribution in [-0.4, -0.2) is 54.6 Å². The van der Waals surface area contributed by atoms with E-state index in [1.165, 1.54) is 6.26 Å². The Bertz CT molecular complexity index is 1050. The minimum atomic E-state index is -3.09. The van der Waals surface area contributed by atoms with Gasteiger partial charge in [0, 0.05) is 61.1 Å². The van der Waals surface area contributed by atoms with Crippen molar-refractivity contribution in [3.05, 3.63) is 41.4 Å². The number of nitrogens with zero attached hydrogens (tertiary/aromatic N) is 3. The number of pyridine rings is 2. The molecule has 0 bridgehead atoms. The predicted octanol–water partition coefficient (Wildman–Crippen LogP) is 3.94. The maximum Gasteiger partial charge on any atom is 0.211 e. The molecule has 1 aliphatic carbocycles. The zero-order chi connectivity index (χ0) is 23.4. The number of nitrogens with two attached hydrogens (primary N) is 1. The van der Waals surface area contributed by atoms with Crippen LogP contribution in [0.15, 0.2) is 30.7 Å². The second-order valence-corrected chi connectivity index (χ2v) is 12.0. The van der Waals surface area contributed by atoms with Crippen molar-refractivity contribution in [2.24, 2.45) is 17.6 Å². The van der Waals surface area contributed by atoms with E-state index in [1.54, 1.807) is 10.5 Å². The molecule has 1 saturated carbocycles. The minimum Gasteiger partial charge on any atom is -0.384 e. The first-order valence-electron chi connectivity index (χ1n) is 11.8. The zero-order valence-corrected chi connectivity index (χ0v) is 20.8. The monoisotopic (exact) mass is 491 g/mol. The van der Waals surface area contributed by atoms with E-state index in [0.29, 0.717) is 36.0 Å². The molecule has 1 aliphatic heterocycles. The number of piperidine rings is 1. The smallest absolute Gasteiger partial charge is 0.211 e. The normalized spacial score (nSPS) is 22.9. The first kappa shape index (κ1) is 24.4. The van der Waals surface area contributed by atoms with E-state index >= 15 is 0 Å². The Morgan fingerprint density at radius 1 is 1.06 bits per heavy atom. The van der Waals surface area contributed by atoms with Crippen molar-refractivity contribution < 1.29 is 8.42 Å². The molecule has 33 heavy (non-hydrogen) atoms. The summed E-state index contributed by atoms with van der Waals surface area (Å²) < 4.78 is 25.0. The van der Waals surface area contributed by atoms with Crippen molar-refractivity contribution in [2.45, 2.75) is 51.0 Å². The molecule has 3 heterocycles. The molecule has 7 nitrogen and oxygen atoms in total. The summed E-state index contributed by atoms with van der Waals surface area (Å²) in [5.41, 5.74) is 9.96. The summed E-state index contributed by atoms with van der Waals surface area (Å²) in [4.78, 5) is 9.00. The van der Waals surface area contributed by atoms with Crippen LogP contribution >= 0.6 is 11.6 Å². The summed E-state index contributed by atoms with van der Waals surface area (Å²) in [6.45, 7) is 1.97. The fourth-order valence-corrected chi connectivity index (χ4v) is 5.98. The second-order valence-electron chi connectivity index (χ2n) is 9.59. The molecule has 0 aromatic carbocycles. The van der Waals surface area contributed by atoms with Crippen LogP contribution in [0.5, 0.6) is 0 Å². The molecule has 0 amide bonds. The average Bonchev–Trinajstić information content (AvgIpc) is 2.80. The van der Waals surface area contributed by atoms with Gasteiger partial charge in [-0.05, 0) is 68.9 Å². The lowest BCUT2D eigenvalue weighted by atomic mass is 9.83. The first-order valence-corrected chi connectivity index (χ1v) is 14.0. The molecule has 2 aliphatic rings. The lowest BCUT2D eigenvalue weighted by molar-refractivity contribution is 0.283. The van der Waals surface area contributed by atoms with Crippen LogP contribution in [0.25, 0.3) is 11.1 Å². The highest BCUT2D eigenvalue weighted by molar-refractivity contribution is 7.88. The van der Waals surface area contributed by atoms with Crippen LogP contribution in [0.1, 0.15) is 44.2 Å². The van der Waals surface area contributed by atoms with E-state index in [9.17, 15) is 8.42 Å². The third-order valence-electron chi connectivity index (χ3n) is 6.99. The van der Waals surface area contributed by atoms with Crippen molar-refractivity contribution in [3.8, 4) is 11.1 Å². The molecule has 4 rings (SSSR count). The fraction of sp³-hybridized carbons (Fsp3) is 0.583. The molecule has 3 N–H and O–H groups in total. The third kappa shape index (κ3) is 6.66. The molecular formula is C24H34ClN5O2S. The summed E-state index contributed by atoms with van der Waals surface area (Å²) in [5.74, 6) is 1.07. The highest BCUT2D eigenvalue weighted by atomic mass is 35.5. The quantitative estimate of drug-likeness (QED) is 0.608. The van der Waals surface area contributed by atoms with Gasteiger partial charge in [-0.25, -0.2) is 12.7 Å². The Labute approximate surface area is 202 Å². The number of anilines is 1. The van der Waals surface area contributed by atoms with E-state index in [2.05, 4.69) is 27.4 Å². The molecule has 0 unspecified atom stereocenters. The Balaban J connectivity index is 1.38. The molecule has 0 atom stereocenters. The topological polar surface area (TPSA) is 101 Å². The van der Waals surface area contributed by atoms with Gasteiger partial charge in [0.2, 0.25) is 10.0 Å². The zero-order valence-electron chi connectivity index (χ0n) is 19.2. The van der Waals surface area contributed by atoms with Crippen LogP contribution in [-0.2, 0) is 16.4 Å². The van der Waals surface area contributed by atoms with Gasteiger partial charge in [-0.2, -0.15) is 0 Å². The van der Waals surface area contributed by atoms with Crippen LogP contribution in [0, 0.1) is 11.8 Å². The SMILES string of the molecule is CS(=O)(=O)N1CCC(CNc2cncc(-c3cc(CC4CCC(N)CC4)ncc3Cl)c2)CC1. The number of hydrogen-bond acceptors (Lipinski definition) is 6. The fourth-order valence-electron chi connectivity index (χ4n) is 4.89. The highest BCUT2D eigenvalue weighted by Crippen LogP contribution is 2.32. The Morgan fingerprint density at radius 2 is 1.79 bits per heavy atom. The summed E-state index contributed by atoms with van der Waals surface area (Å²) in [6.07, 6.45) is 13.9. The maximum atomic E-state index is 11.7. The number of rotatable bonds is 7. The van der Waals surface area contributed by atoms with E-state index in [0.717, 1.165) is 74.0 Å². The summed E-state index contributed by atoms with van der Waals surface area (Å²) in [6, 6.07) is 4.52. The molecule has 9 heteroatoms. The summed E-state index contributed by atoms with van der Waals surface area (Å²) in [5, 5.41) is 4.10. The van der Waals surface area contributed by atoms with E-state index in [1.807, 2.05) is 12.4 Å². The van der Waals surface area contributed by atoms with Gasteiger partial charge in [0.1, 0.15) is 0 Å². The summed E-state index contributed by atoms with van der Waals surface area (Å²) >= 11 is 6.51.